The largest absolute Gasteiger partial charge is 0.490 e. The number of carboxylic acids is 1. The van der Waals surface area contributed by atoms with Crippen molar-refractivity contribution in [1.82, 2.24) is 0 Å². The molecule has 2 amide bonds. The Labute approximate surface area is 111 Å². The summed E-state index contributed by atoms with van der Waals surface area (Å²) in [7, 11) is 0. The predicted octanol–water partition coefficient (Wildman–Crippen LogP) is 2.77. The molecule has 0 unspecified atom stereocenters. The third-order valence-corrected chi connectivity index (χ3v) is 2.09. The van der Waals surface area contributed by atoms with Crippen LogP contribution in [0.25, 0.3) is 0 Å². The van der Waals surface area contributed by atoms with E-state index in [9.17, 15) is 18.0 Å². The van der Waals surface area contributed by atoms with Gasteiger partial charge in [-0.05, 0) is 24.6 Å². The van der Waals surface area contributed by atoms with Crippen molar-refractivity contribution < 1.29 is 27.9 Å². The van der Waals surface area contributed by atoms with Gasteiger partial charge in [-0.25, -0.2) is 9.59 Å². The number of anilines is 1. The SMILES string of the molecule is Cc1ccc(NC(N)=O)cc1Cl.O=C(O)C(F)(F)F. The molecule has 0 aliphatic rings. The van der Waals surface area contributed by atoms with Crippen molar-refractivity contribution in [3.63, 3.8) is 0 Å². The van der Waals surface area contributed by atoms with Crippen molar-refractivity contribution in [2.75, 3.05) is 5.32 Å². The Bertz CT molecular complexity index is 478. The van der Waals surface area contributed by atoms with Gasteiger partial charge in [-0.1, -0.05) is 17.7 Å². The number of alkyl halides is 3. The molecule has 0 spiro atoms. The number of rotatable bonds is 1. The van der Waals surface area contributed by atoms with E-state index in [4.69, 9.17) is 27.2 Å². The first-order valence-electron chi connectivity index (χ1n) is 4.66. The second-order valence-electron chi connectivity index (χ2n) is 3.26. The molecule has 0 radical (unpaired) electrons. The van der Waals surface area contributed by atoms with Crippen LogP contribution >= 0.6 is 11.6 Å². The highest BCUT2D eigenvalue weighted by atomic mass is 35.5. The van der Waals surface area contributed by atoms with Crippen molar-refractivity contribution in [3.8, 4) is 0 Å². The number of nitrogens with two attached hydrogens (primary N) is 1. The minimum absolute atomic E-state index is 0.588. The van der Waals surface area contributed by atoms with Crippen LogP contribution in [0.4, 0.5) is 23.7 Å². The maximum atomic E-state index is 10.6. The van der Waals surface area contributed by atoms with Gasteiger partial charge in [-0.15, -0.1) is 0 Å². The van der Waals surface area contributed by atoms with Crippen LogP contribution in [0, 0.1) is 6.92 Å². The van der Waals surface area contributed by atoms with Gasteiger partial charge in [0.2, 0.25) is 0 Å². The van der Waals surface area contributed by atoms with Crippen molar-refractivity contribution >= 4 is 29.3 Å². The summed E-state index contributed by atoms with van der Waals surface area (Å²) in [5.41, 5.74) is 6.49. The first kappa shape index (κ1) is 17.0. The third-order valence-electron chi connectivity index (χ3n) is 1.68. The molecule has 0 atom stereocenters. The summed E-state index contributed by atoms with van der Waals surface area (Å²) in [6, 6.07) is 4.62. The Morgan fingerprint density at radius 1 is 1.37 bits per heavy atom. The van der Waals surface area contributed by atoms with Gasteiger partial charge in [0.15, 0.2) is 0 Å². The lowest BCUT2D eigenvalue weighted by Crippen LogP contribution is -2.21. The number of carboxylic acid groups (broad SMARTS) is 1. The van der Waals surface area contributed by atoms with Crippen molar-refractivity contribution in [2.24, 2.45) is 5.73 Å². The van der Waals surface area contributed by atoms with Crippen molar-refractivity contribution in [2.45, 2.75) is 13.1 Å². The molecule has 1 rings (SSSR count). The smallest absolute Gasteiger partial charge is 0.475 e. The predicted molar refractivity (Wildman–Crippen MR) is 63.1 cm³/mol. The molecule has 0 aliphatic heterocycles. The van der Waals surface area contributed by atoms with E-state index in [1.807, 2.05) is 13.0 Å². The molecule has 0 bridgehead atoms. The Kier molecular flexibility index (Phi) is 6.13. The highest BCUT2D eigenvalue weighted by Gasteiger charge is 2.38. The van der Waals surface area contributed by atoms with E-state index in [0.717, 1.165) is 5.56 Å². The molecule has 1 aromatic rings. The van der Waals surface area contributed by atoms with E-state index < -0.39 is 18.2 Å². The fourth-order valence-electron chi connectivity index (χ4n) is 0.813. The van der Waals surface area contributed by atoms with E-state index in [1.54, 1.807) is 12.1 Å². The summed E-state index contributed by atoms with van der Waals surface area (Å²) in [6.45, 7) is 1.89. The molecule has 5 nitrogen and oxygen atoms in total. The quantitative estimate of drug-likeness (QED) is 0.744. The molecule has 106 valence electrons. The second-order valence-corrected chi connectivity index (χ2v) is 3.66. The van der Waals surface area contributed by atoms with Gasteiger partial charge in [0.05, 0.1) is 0 Å². The van der Waals surface area contributed by atoms with Gasteiger partial charge in [0, 0.05) is 10.7 Å². The zero-order valence-electron chi connectivity index (χ0n) is 9.58. The van der Waals surface area contributed by atoms with Crippen LogP contribution in [0.15, 0.2) is 18.2 Å². The van der Waals surface area contributed by atoms with E-state index in [1.165, 1.54) is 0 Å². The third kappa shape index (κ3) is 7.14. The normalized spacial score (nSPS) is 10.2. The zero-order valence-corrected chi connectivity index (χ0v) is 10.3. The summed E-state index contributed by atoms with van der Waals surface area (Å²) in [5.74, 6) is -2.76. The van der Waals surface area contributed by atoms with Gasteiger partial charge >= 0.3 is 18.2 Å². The van der Waals surface area contributed by atoms with E-state index in [-0.39, 0.29) is 0 Å². The minimum Gasteiger partial charge on any atom is -0.475 e. The molecule has 0 heterocycles. The topological polar surface area (TPSA) is 92.4 Å². The van der Waals surface area contributed by atoms with Crippen LogP contribution in [-0.4, -0.2) is 23.3 Å². The van der Waals surface area contributed by atoms with Crippen LogP contribution in [0.3, 0.4) is 0 Å². The highest BCUT2D eigenvalue weighted by molar-refractivity contribution is 6.31. The summed E-state index contributed by atoms with van der Waals surface area (Å²) < 4.78 is 31.7. The molecule has 0 saturated heterocycles. The molecule has 0 saturated carbocycles. The van der Waals surface area contributed by atoms with Gasteiger partial charge < -0.3 is 16.2 Å². The van der Waals surface area contributed by atoms with Gasteiger partial charge in [0.1, 0.15) is 0 Å². The summed E-state index contributed by atoms with van der Waals surface area (Å²) >= 11 is 5.81. The minimum atomic E-state index is -5.08. The van der Waals surface area contributed by atoms with Crippen LogP contribution in [-0.2, 0) is 4.79 Å². The van der Waals surface area contributed by atoms with Gasteiger partial charge in [0.25, 0.3) is 0 Å². The lowest BCUT2D eigenvalue weighted by molar-refractivity contribution is -0.192. The summed E-state index contributed by atoms with van der Waals surface area (Å²) in [6.07, 6.45) is -5.08. The lowest BCUT2D eigenvalue weighted by Gasteiger charge is -2.03. The zero-order chi connectivity index (χ0) is 15.2. The van der Waals surface area contributed by atoms with Crippen LogP contribution in [0.5, 0.6) is 0 Å². The maximum Gasteiger partial charge on any atom is 0.490 e. The van der Waals surface area contributed by atoms with Gasteiger partial charge in [-0.2, -0.15) is 13.2 Å². The average molecular weight is 299 g/mol. The molecule has 19 heavy (non-hydrogen) atoms. The summed E-state index contributed by atoms with van der Waals surface area (Å²) in [5, 5.41) is 10.2. The van der Waals surface area contributed by atoms with Crippen LogP contribution < -0.4 is 11.1 Å². The monoisotopic (exact) mass is 298 g/mol. The first-order valence-corrected chi connectivity index (χ1v) is 5.04. The maximum absolute atomic E-state index is 10.6. The van der Waals surface area contributed by atoms with E-state index in [0.29, 0.717) is 10.7 Å². The standard InChI is InChI=1S/C8H9ClN2O.C2HF3O2/c1-5-2-3-6(4-7(5)9)11-8(10)12;3-2(4,5)1(6)7/h2-4H,1H3,(H3,10,11,12);(H,6,7). The molecule has 0 aromatic heterocycles. The van der Waals surface area contributed by atoms with E-state index >= 15 is 0 Å². The molecule has 0 aliphatic carbocycles. The highest BCUT2D eigenvalue weighted by Crippen LogP contribution is 2.19. The number of primary amides is 1. The number of amides is 2. The van der Waals surface area contributed by atoms with Crippen LogP contribution in [0.2, 0.25) is 5.02 Å². The number of nitrogens with one attached hydrogen (secondary N) is 1. The Morgan fingerprint density at radius 3 is 2.16 bits per heavy atom. The number of urea groups is 1. The number of hydrogen-bond donors (Lipinski definition) is 3. The molecule has 9 heteroatoms. The Morgan fingerprint density at radius 2 is 1.84 bits per heavy atom. The van der Waals surface area contributed by atoms with Gasteiger partial charge in [-0.3, -0.25) is 0 Å². The first-order chi connectivity index (χ1) is 8.54. The summed E-state index contributed by atoms with van der Waals surface area (Å²) in [4.78, 5) is 19.3. The molecule has 4 N–H and O–H groups in total. The molecule has 0 fully saturated rings. The number of carbonyl (C=O) groups is 2. The molecular formula is C10H10ClF3N2O3. The Balaban J connectivity index is 0.000000399. The molecule has 1 aromatic carbocycles. The number of hydrogen-bond acceptors (Lipinski definition) is 2. The number of aryl methyl sites for hydroxylation is 1. The lowest BCUT2D eigenvalue weighted by atomic mass is 10.2. The fraction of sp³-hybridized carbons (Fsp3) is 0.200. The number of halogens is 4. The van der Waals surface area contributed by atoms with Crippen molar-refractivity contribution in [1.29, 1.82) is 0 Å². The number of benzene rings is 1. The van der Waals surface area contributed by atoms with Crippen molar-refractivity contribution in [3.05, 3.63) is 28.8 Å². The Hall–Kier alpha value is -1.96. The molecular weight excluding hydrogens is 289 g/mol. The number of carbonyl (C=O) groups excluding carboxylic acids is 1. The number of aliphatic carboxylic acids is 1. The fourth-order valence-corrected chi connectivity index (χ4v) is 0.993. The van der Waals surface area contributed by atoms with E-state index in [2.05, 4.69) is 5.32 Å². The second kappa shape index (κ2) is 6.83. The van der Waals surface area contributed by atoms with Crippen LogP contribution in [0.1, 0.15) is 5.56 Å². The average Bonchev–Trinajstić information content (AvgIpc) is 2.22.